The highest BCUT2D eigenvalue weighted by molar-refractivity contribution is 5.82. The first-order chi connectivity index (χ1) is 17.7. The molecule has 0 saturated heterocycles. The van der Waals surface area contributed by atoms with Gasteiger partial charge < -0.3 is 19.1 Å². The number of nitrogens with zero attached hydrogens (tertiary/aromatic N) is 3. The summed E-state index contributed by atoms with van der Waals surface area (Å²) in [5.41, 5.74) is -2.62. The molecular formula is C25H21F3N4O5. The molecule has 37 heavy (non-hydrogen) atoms. The van der Waals surface area contributed by atoms with Gasteiger partial charge in [0.1, 0.15) is 13.2 Å². The highest BCUT2D eigenvalue weighted by Gasteiger charge is 2.35. The molecule has 12 heteroatoms. The van der Waals surface area contributed by atoms with Crippen molar-refractivity contribution in [2.75, 3.05) is 6.61 Å². The number of hydrogen-bond acceptors (Lipinski definition) is 6. The van der Waals surface area contributed by atoms with E-state index >= 15 is 0 Å². The number of hydrogen-bond donors (Lipinski definition) is 1. The third-order valence-corrected chi connectivity index (χ3v) is 5.33. The van der Waals surface area contributed by atoms with Crippen LogP contribution in [0, 0.1) is 0 Å². The minimum absolute atomic E-state index is 0.0287. The van der Waals surface area contributed by atoms with Crippen molar-refractivity contribution < 1.29 is 27.5 Å². The van der Waals surface area contributed by atoms with Crippen molar-refractivity contribution in [3.63, 3.8) is 0 Å². The molecule has 0 bridgehead atoms. The van der Waals surface area contributed by atoms with Crippen LogP contribution in [0.5, 0.6) is 0 Å². The number of rotatable bonds is 8. The van der Waals surface area contributed by atoms with Crippen LogP contribution in [0.4, 0.5) is 13.2 Å². The van der Waals surface area contributed by atoms with Gasteiger partial charge in [-0.2, -0.15) is 13.2 Å². The van der Waals surface area contributed by atoms with Crippen LogP contribution in [0.3, 0.4) is 0 Å². The van der Waals surface area contributed by atoms with Gasteiger partial charge in [0.05, 0.1) is 35.1 Å². The molecule has 0 aliphatic rings. The lowest BCUT2D eigenvalue weighted by Crippen LogP contribution is -2.38. The lowest BCUT2D eigenvalue weighted by molar-refractivity contribution is -0.143. The SMILES string of the molecule is CCOC(=O)Cn1c(=O)c(=O)[nH]c2cc(C(F)(F)F)c(-n3ccc(/C=N/OCc4ccccc4)c3)cc21. The standard InChI is InChI=1S/C25H21F3N4O5/c1-2-36-22(33)14-32-21-11-20(18(25(26,27)28)10-19(21)30-23(34)24(32)35)31-9-8-17(13-31)12-29-37-15-16-6-4-3-5-7-16/h3-13H,2,14-15H2,1H3,(H,30,34)/b29-12+. The smallest absolute Gasteiger partial charge is 0.418 e. The molecule has 4 aromatic rings. The number of carbonyl (C=O) groups excluding carboxylic acids is 1. The number of halogens is 3. The van der Waals surface area contributed by atoms with E-state index < -0.39 is 35.4 Å². The first-order valence-corrected chi connectivity index (χ1v) is 11.1. The zero-order chi connectivity index (χ0) is 26.6. The molecule has 0 aliphatic heterocycles. The molecule has 2 heterocycles. The van der Waals surface area contributed by atoms with E-state index in [4.69, 9.17) is 9.57 Å². The average Bonchev–Trinajstić information content (AvgIpc) is 3.33. The number of fused-ring (bicyclic) bond motifs is 1. The van der Waals surface area contributed by atoms with E-state index in [9.17, 15) is 27.6 Å². The molecule has 0 aliphatic carbocycles. The third-order valence-electron chi connectivity index (χ3n) is 5.33. The maximum absolute atomic E-state index is 14.0. The highest BCUT2D eigenvalue weighted by atomic mass is 19.4. The van der Waals surface area contributed by atoms with Crippen LogP contribution in [0.2, 0.25) is 0 Å². The van der Waals surface area contributed by atoms with Crippen molar-refractivity contribution in [1.29, 1.82) is 0 Å². The summed E-state index contributed by atoms with van der Waals surface area (Å²) in [5, 5.41) is 3.85. The average molecular weight is 514 g/mol. The molecular weight excluding hydrogens is 493 g/mol. The molecule has 0 fully saturated rings. The lowest BCUT2D eigenvalue weighted by atomic mass is 10.1. The predicted octanol–water partition coefficient (Wildman–Crippen LogP) is 3.61. The number of H-pyrrole nitrogens is 1. The van der Waals surface area contributed by atoms with Gasteiger partial charge in [-0.3, -0.25) is 19.0 Å². The third kappa shape index (κ3) is 5.80. The summed E-state index contributed by atoms with van der Waals surface area (Å²) in [6.07, 6.45) is -0.665. The quantitative estimate of drug-likeness (QED) is 0.167. The van der Waals surface area contributed by atoms with Crippen LogP contribution in [0.25, 0.3) is 16.7 Å². The highest BCUT2D eigenvalue weighted by Crippen LogP contribution is 2.36. The number of benzene rings is 2. The van der Waals surface area contributed by atoms with Gasteiger partial charge in [0, 0.05) is 18.0 Å². The summed E-state index contributed by atoms with van der Waals surface area (Å²) in [6, 6.07) is 12.6. The molecule has 0 unspecified atom stereocenters. The largest absolute Gasteiger partial charge is 0.465 e. The van der Waals surface area contributed by atoms with Gasteiger partial charge in [-0.05, 0) is 30.7 Å². The molecule has 4 rings (SSSR count). The minimum atomic E-state index is -4.79. The van der Waals surface area contributed by atoms with E-state index in [1.165, 1.54) is 29.2 Å². The molecule has 2 aromatic heterocycles. The fraction of sp³-hybridized carbons (Fsp3) is 0.200. The second-order valence-electron chi connectivity index (χ2n) is 7.88. The maximum Gasteiger partial charge on any atom is 0.418 e. The molecule has 0 amide bonds. The summed E-state index contributed by atoms with van der Waals surface area (Å²) >= 11 is 0. The minimum Gasteiger partial charge on any atom is -0.465 e. The number of carbonyl (C=O) groups is 1. The van der Waals surface area contributed by atoms with Crippen LogP contribution in [-0.4, -0.2) is 32.9 Å². The molecule has 0 spiro atoms. The Balaban J connectivity index is 1.73. The van der Waals surface area contributed by atoms with Gasteiger partial charge in [-0.15, -0.1) is 0 Å². The molecule has 2 aromatic carbocycles. The summed E-state index contributed by atoms with van der Waals surface area (Å²) in [7, 11) is 0. The van der Waals surface area contributed by atoms with Crippen LogP contribution in [0.15, 0.2) is 75.7 Å². The normalized spacial score (nSPS) is 11.8. The Hall–Kier alpha value is -4.61. The Labute approximate surface area is 207 Å². The predicted molar refractivity (Wildman–Crippen MR) is 129 cm³/mol. The molecule has 0 saturated carbocycles. The number of aromatic amines is 1. The van der Waals surface area contributed by atoms with Crippen LogP contribution in [-0.2, 0) is 33.7 Å². The number of esters is 1. The fourth-order valence-corrected chi connectivity index (χ4v) is 3.67. The van der Waals surface area contributed by atoms with Crippen LogP contribution < -0.4 is 11.1 Å². The number of ether oxygens (including phenoxy) is 1. The first kappa shape index (κ1) is 25.5. The van der Waals surface area contributed by atoms with Crippen molar-refractivity contribution in [1.82, 2.24) is 14.1 Å². The molecule has 1 N–H and O–H groups in total. The molecule has 9 nitrogen and oxygen atoms in total. The second-order valence-corrected chi connectivity index (χ2v) is 7.88. The van der Waals surface area contributed by atoms with Gasteiger partial charge in [-0.25, -0.2) is 0 Å². The van der Waals surface area contributed by atoms with Gasteiger partial charge in [0.2, 0.25) is 0 Å². The topological polar surface area (TPSA) is 108 Å². The van der Waals surface area contributed by atoms with Crippen LogP contribution in [0.1, 0.15) is 23.6 Å². The Morgan fingerprint density at radius 1 is 1.14 bits per heavy atom. The maximum atomic E-state index is 14.0. The van der Waals surface area contributed by atoms with Gasteiger partial charge in [0.15, 0.2) is 0 Å². The van der Waals surface area contributed by atoms with Gasteiger partial charge in [0.25, 0.3) is 0 Å². The Morgan fingerprint density at radius 2 is 1.89 bits per heavy atom. The van der Waals surface area contributed by atoms with Gasteiger partial charge >= 0.3 is 23.3 Å². The zero-order valence-electron chi connectivity index (χ0n) is 19.5. The summed E-state index contributed by atoms with van der Waals surface area (Å²) in [4.78, 5) is 43.9. The van der Waals surface area contributed by atoms with Crippen molar-refractivity contribution in [2.45, 2.75) is 26.3 Å². The second kappa shape index (κ2) is 10.6. The van der Waals surface area contributed by atoms with E-state index in [0.29, 0.717) is 5.56 Å². The first-order valence-electron chi connectivity index (χ1n) is 11.1. The summed E-state index contributed by atoms with van der Waals surface area (Å²) in [6.45, 7) is 1.17. The monoisotopic (exact) mass is 514 g/mol. The lowest BCUT2D eigenvalue weighted by Gasteiger charge is -2.17. The Kier molecular flexibility index (Phi) is 7.27. The molecule has 0 atom stereocenters. The fourth-order valence-electron chi connectivity index (χ4n) is 3.67. The van der Waals surface area contributed by atoms with E-state index in [2.05, 4.69) is 10.1 Å². The zero-order valence-corrected chi connectivity index (χ0v) is 19.5. The van der Waals surface area contributed by atoms with E-state index in [-0.39, 0.29) is 29.9 Å². The van der Waals surface area contributed by atoms with Crippen molar-refractivity contribution in [3.05, 3.63) is 98.3 Å². The number of alkyl halides is 3. The number of aromatic nitrogens is 3. The number of nitrogens with one attached hydrogen (secondary N) is 1. The summed E-state index contributed by atoms with van der Waals surface area (Å²) in [5.74, 6) is -0.812. The molecule has 192 valence electrons. The Bertz CT molecular complexity index is 1570. The number of oxime groups is 1. The summed E-state index contributed by atoms with van der Waals surface area (Å²) < 4.78 is 48.8. The van der Waals surface area contributed by atoms with E-state index in [1.807, 2.05) is 30.3 Å². The Morgan fingerprint density at radius 3 is 2.59 bits per heavy atom. The van der Waals surface area contributed by atoms with Crippen molar-refractivity contribution in [2.24, 2.45) is 5.16 Å². The molecule has 0 radical (unpaired) electrons. The van der Waals surface area contributed by atoms with Gasteiger partial charge in [-0.1, -0.05) is 35.5 Å². The van der Waals surface area contributed by atoms with Crippen molar-refractivity contribution in [3.8, 4) is 5.69 Å². The van der Waals surface area contributed by atoms with E-state index in [0.717, 1.165) is 22.3 Å². The van der Waals surface area contributed by atoms with E-state index in [1.54, 1.807) is 6.92 Å². The van der Waals surface area contributed by atoms with Crippen LogP contribution >= 0.6 is 0 Å². The van der Waals surface area contributed by atoms with Crippen molar-refractivity contribution >= 4 is 23.2 Å².